The Labute approximate surface area is 207 Å². The predicted molar refractivity (Wildman–Crippen MR) is 134 cm³/mol. The van der Waals surface area contributed by atoms with E-state index in [1.54, 1.807) is 17.6 Å². The molecule has 0 saturated heterocycles. The molecular formula is C23H21N7O3S2. The number of rotatable bonds is 5. The van der Waals surface area contributed by atoms with Crippen LogP contribution in [0.4, 0.5) is 5.82 Å². The average molecular weight is 508 g/mol. The lowest BCUT2D eigenvalue weighted by Gasteiger charge is -2.14. The molecule has 0 aromatic carbocycles. The quantitative estimate of drug-likeness (QED) is 0.398. The fourth-order valence-corrected chi connectivity index (χ4v) is 6.40. The topological polar surface area (TPSA) is 128 Å². The van der Waals surface area contributed by atoms with Crippen LogP contribution in [-0.4, -0.2) is 41.0 Å². The monoisotopic (exact) mass is 507 g/mol. The van der Waals surface area contributed by atoms with Crippen LogP contribution in [-0.2, 0) is 17.6 Å². The first-order valence-electron chi connectivity index (χ1n) is 11.3. The molecule has 10 nitrogen and oxygen atoms in total. The van der Waals surface area contributed by atoms with E-state index in [2.05, 4.69) is 25.4 Å². The Morgan fingerprint density at radius 1 is 1.26 bits per heavy atom. The van der Waals surface area contributed by atoms with E-state index in [1.807, 2.05) is 17.5 Å². The highest BCUT2D eigenvalue weighted by atomic mass is 32.2. The third-order valence-corrected chi connectivity index (χ3v) is 8.11. The van der Waals surface area contributed by atoms with E-state index >= 15 is 0 Å². The Morgan fingerprint density at radius 3 is 2.97 bits per heavy atom. The standard InChI is InChI=1S/C23H21N7O3S2/c1-12-8-20(32)29-13(11-35-23(29)24-12)9-19(31)26-18-10-16(17-6-3-7-34-17)28-30(18)22-25-15-5-2-4-14(15)21(33)27-22/h3,6-8,10,13H,2,4-5,9,11H2,1H3,(H,26,31)(H,25,27,33). The highest BCUT2D eigenvalue weighted by molar-refractivity contribution is 7.99. The third-order valence-electron chi connectivity index (χ3n) is 6.12. The van der Waals surface area contributed by atoms with Crippen molar-refractivity contribution in [3.05, 3.63) is 67.3 Å². The number of nitrogens with one attached hydrogen (secondary N) is 2. The molecule has 0 saturated carbocycles. The summed E-state index contributed by atoms with van der Waals surface area (Å²) in [4.78, 5) is 51.0. The molecule has 2 N–H and O–H groups in total. The van der Waals surface area contributed by atoms with Gasteiger partial charge >= 0.3 is 0 Å². The number of aryl methyl sites for hydroxylation is 2. The summed E-state index contributed by atoms with van der Waals surface area (Å²) in [5.74, 6) is 1.00. The number of fused-ring (bicyclic) bond motifs is 2. The number of nitrogens with zero attached hydrogens (tertiary/aromatic N) is 5. The Kier molecular flexibility index (Phi) is 5.41. The molecule has 1 atom stereocenters. The van der Waals surface area contributed by atoms with Crippen molar-refractivity contribution in [2.75, 3.05) is 11.1 Å². The molecule has 178 valence electrons. The maximum Gasteiger partial charge on any atom is 0.255 e. The fraction of sp³-hybridized carbons (Fsp3) is 0.304. The maximum atomic E-state index is 13.1. The molecule has 5 heterocycles. The second-order valence-electron chi connectivity index (χ2n) is 8.58. The smallest absolute Gasteiger partial charge is 0.255 e. The molecule has 12 heteroatoms. The van der Waals surface area contributed by atoms with Crippen molar-refractivity contribution in [3.63, 3.8) is 0 Å². The molecule has 0 fully saturated rings. The van der Waals surface area contributed by atoms with Gasteiger partial charge in [-0.3, -0.25) is 23.9 Å². The van der Waals surface area contributed by atoms with Gasteiger partial charge in [0.15, 0.2) is 5.16 Å². The number of amides is 1. The van der Waals surface area contributed by atoms with Crippen molar-refractivity contribution < 1.29 is 4.79 Å². The van der Waals surface area contributed by atoms with Crippen LogP contribution in [0.25, 0.3) is 16.5 Å². The van der Waals surface area contributed by atoms with Crippen LogP contribution in [0.3, 0.4) is 0 Å². The Bertz CT molecular complexity index is 1570. The van der Waals surface area contributed by atoms with Gasteiger partial charge in [0.1, 0.15) is 11.5 Å². The minimum absolute atomic E-state index is 0.109. The zero-order chi connectivity index (χ0) is 24.1. The maximum absolute atomic E-state index is 13.1. The molecule has 0 spiro atoms. The second kappa shape index (κ2) is 8.61. The lowest BCUT2D eigenvalue weighted by Crippen LogP contribution is -2.28. The molecule has 1 aliphatic carbocycles. The van der Waals surface area contributed by atoms with Gasteiger partial charge in [-0.2, -0.15) is 9.78 Å². The molecule has 4 aromatic rings. The van der Waals surface area contributed by atoms with Crippen molar-refractivity contribution in [1.82, 2.24) is 29.3 Å². The number of hydrogen-bond donors (Lipinski definition) is 2. The molecule has 6 rings (SSSR count). The van der Waals surface area contributed by atoms with E-state index in [9.17, 15) is 14.4 Å². The fourth-order valence-electron chi connectivity index (χ4n) is 4.53. The van der Waals surface area contributed by atoms with Crippen LogP contribution in [0.1, 0.15) is 35.8 Å². The molecule has 4 aromatic heterocycles. The van der Waals surface area contributed by atoms with Crippen molar-refractivity contribution in [1.29, 1.82) is 0 Å². The Hall–Kier alpha value is -3.51. The van der Waals surface area contributed by atoms with Gasteiger partial charge in [0, 0.05) is 35.6 Å². The number of aromatic nitrogens is 6. The summed E-state index contributed by atoms with van der Waals surface area (Å²) in [7, 11) is 0. The molecule has 35 heavy (non-hydrogen) atoms. The average Bonchev–Trinajstić information content (AvgIpc) is 3.60. The molecule has 1 aliphatic heterocycles. The molecule has 2 aliphatic rings. The SMILES string of the molecule is Cc1cc(=O)n2c(n1)SCC2CC(=O)Nc1cc(-c2cccs2)nn1-c1nc2c(c(=O)[nH]1)CCC2. The summed E-state index contributed by atoms with van der Waals surface area (Å²) in [6, 6.07) is 6.83. The zero-order valence-corrected chi connectivity index (χ0v) is 20.4. The normalized spacial score (nSPS) is 16.3. The Balaban J connectivity index is 1.32. The number of H-pyrrole nitrogens is 1. The summed E-state index contributed by atoms with van der Waals surface area (Å²) >= 11 is 3.00. The van der Waals surface area contributed by atoms with Crippen LogP contribution in [0.15, 0.2) is 44.4 Å². The van der Waals surface area contributed by atoms with Gasteiger partial charge in [-0.05, 0) is 37.6 Å². The number of hydrogen-bond acceptors (Lipinski definition) is 8. The van der Waals surface area contributed by atoms with E-state index in [-0.39, 0.29) is 35.4 Å². The van der Waals surface area contributed by atoms with Crippen molar-refractivity contribution in [3.8, 4) is 16.5 Å². The summed E-state index contributed by atoms with van der Waals surface area (Å²) in [5, 5.41) is 10.2. The number of carbonyl (C=O) groups excluding carboxylic acids is 1. The minimum atomic E-state index is -0.290. The summed E-state index contributed by atoms with van der Waals surface area (Å²) in [6.07, 6.45) is 2.47. The summed E-state index contributed by atoms with van der Waals surface area (Å²) in [5.41, 5.74) is 2.50. The highest BCUT2D eigenvalue weighted by Gasteiger charge is 2.28. The predicted octanol–water partition coefficient (Wildman–Crippen LogP) is 2.71. The molecule has 1 unspecified atom stereocenters. The number of aromatic amines is 1. The van der Waals surface area contributed by atoms with Gasteiger partial charge < -0.3 is 5.32 Å². The van der Waals surface area contributed by atoms with Crippen LogP contribution in [0.2, 0.25) is 0 Å². The first kappa shape index (κ1) is 22.0. The zero-order valence-electron chi connectivity index (χ0n) is 18.8. The van der Waals surface area contributed by atoms with Crippen LogP contribution in [0, 0.1) is 6.92 Å². The number of thiophene rings is 1. The summed E-state index contributed by atoms with van der Waals surface area (Å²) in [6.45, 7) is 1.78. The van der Waals surface area contributed by atoms with E-state index in [0.29, 0.717) is 28.1 Å². The number of carbonyl (C=O) groups is 1. The first-order chi connectivity index (χ1) is 17.0. The molecule has 0 radical (unpaired) electrons. The number of thioether (sulfide) groups is 1. The van der Waals surface area contributed by atoms with Gasteiger partial charge in [-0.15, -0.1) is 11.3 Å². The third kappa shape index (κ3) is 4.02. The van der Waals surface area contributed by atoms with E-state index in [0.717, 1.165) is 35.4 Å². The lowest BCUT2D eigenvalue weighted by atomic mass is 10.2. The van der Waals surface area contributed by atoms with Crippen molar-refractivity contribution in [2.45, 2.75) is 43.8 Å². The van der Waals surface area contributed by atoms with E-state index in [1.165, 1.54) is 33.8 Å². The van der Waals surface area contributed by atoms with Gasteiger partial charge in [-0.1, -0.05) is 17.8 Å². The molecule has 1 amide bonds. The lowest BCUT2D eigenvalue weighted by molar-refractivity contribution is -0.116. The van der Waals surface area contributed by atoms with Crippen molar-refractivity contribution in [2.24, 2.45) is 0 Å². The van der Waals surface area contributed by atoms with Crippen LogP contribution < -0.4 is 16.4 Å². The second-order valence-corrected chi connectivity index (χ2v) is 10.5. The van der Waals surface area contributed by atoms with Crippen molar-refractivity contribution >= 4 is 34.8 Å². The molecular weight excluding hydrogens is 486 g/mol. The largest absolute Gasteiger partial charge is 0.310 e. The molecule has 0 bridgehead atoms. The highest BCUT2D eigenvalue weighted by Crippen LogP contribution is 2.33. The van der Waals surface area contributed by atoms with Crippen LogP contribution >= 0.6 is 23.1 Å². The van der Waals surface area contributed by atoms with E-state index in [4.69, 9.17) is 0 Å². The minimum Gasteiger partial charge on any atom is -0.310 e. The Morgan fingerprint density at radius 2 is 2.14 bits per heavy atom. The number of anilines is 1. The van der Waals surface area contributed by atoms with Gasteiger partial charge in [0.25, 0.3) is 11.1 Å². The van der Waals surface area contributed by atoms with Gasteiger partial charge in [0.05, 0.1) is 16.6 Å². The summed E-state index contributed by atoms with van der Waals surface area (Å²) < 4.78 is 3.06. The van der Waals surface area contributed by atoms with E-state index < -0.39 is 0 Å². The van der Waals surface area contributed by atoms with Gasteiger partial charge in [-0.25, -0.2) is 9.97 Å². The van der Waals surface area contributed by atoms with Gasteiger partial charge in [0.2, 0.25) is 11.9 Å². The van der Waals surface area contributed by atoms with Crippen LogP contribution in [0.5, 0.6) is 0 Å². The first-order valence-corrected chi connectivity index (χ1v) is 13.1.